The largest absolute Gasteiger partial charge is 0.481 e. The first-order chi connectivity index (χ1) is 8.09. The Labute approximate surface area is 97.0 Å². The van der Waals surface area contributed by atoms with E-state index in [0.717, 1.165) is 12.1 Å². The highest BCUT2D eigenvalue weighted by Crippen LogP contribution is 2.34. The van der Waals surface area contributed by atoms with Crippen LogP contribution in [0, 0.1) is 17.6 Å². The van der Waals surface area contributed by atoms with Crippen molar-refractivity contribution >= 4 is 5.97 Å². The Morgan fingerprint density at radius 2 is 2.00 bits per heavy atom. The molecule has 1 heterocycles. The topological polar surface area (TPSA) is 46.5 Å². The standard InChI is InChI=1S/C12H12F2O3/c13-8-2-1-3-9(14)11(8)10-6-7(12(15)16)4-5-17-10/h1-3,7,10H,4-6H2,(H,15,16). The molecule has 0 bridgehead atoms. The van der Waals surface area contributed by atoms with Crippen LogP contribution < -0.4 is 0 Å². The number of aliphatic carboxylic acids is 1. The van der Waals surface area contributed by atoms with Crippen LogP contribution in [0.25, 0.3) is 0 Å². The van der Waals surface area contributed by atoms with Gasteiger partial charge in [0, 0.05) is 6.61 Å². The van der Waals surface area contributed by atoms with E-state index in [2.05, 4.69) is 0 Å². The van der Waals surface area contributed by atoms with Gasteiger partial charge in [0.1, 0.15) is 11.6 Å². The third-order valence-corrected chi connectivity index (χ3v) is 2.95. The number of halogens is 2. The number of rotatable bonds is 2. The van der Waals surface area contributed by atoms with Crippen molar-refractivity contribution in [2.45, 2.75) is 18.9 Å². The van der Waals surface area contributed by atoms with E-state index in [1.165, 1.54) is 6.07 Å². The average molecular weight is 242 g/mol. The van der Waals surface area contributed by atoms with Gasteiger partial charge in [-0.1, -0.05) is 6.07 Å². The van der Waals surface area contributed by atoms with Crippen molar-refractivity contribution in [1.82, 2.24) is 0 Å². The molecule has 1 N–H and O–H groups in total. The summed E-state index contributed by atoms with van der Waals surface area (Å²) in [5.74, 6) is -2.94. The van der Waals surface area contributed by atoms with E-state index >= 15 is 0 Å². The minimum Gasteiger partial charge on any atom is -0.481 e. The number of hydrogen-bond acceptors (Lipinski definition) is 2. The predicted octanol–water partition coefficient (Wildman–Crippen LogP) is 2.52. The normalized spacial score (nSPS) is 24.6. The van der Waals surface area contributed by atoms with Gasteiger partial charge >= 0.3 is 5.97 Å². The molecule has 3 nitrogen and oxygen atoms in total. The van der Waals surface area contributed by atoms with Crippen LogP contribution in [0.4, 0.5) is 8.78 Å². The molecule has 1 fully saturated rings. The summed E-state index contributed by atoms with van der Waals surface area (Å²) in [4.78, 5) is 10.9. The maximum atomic E-state index is 13.5. The molecule has 0 radical (unpaired) electrons. The van der Waals surface area contributed by atoms with Crippen LogP contribution in [-0.4, -0.2) is 17.7 Å². The third kappa shape index (κ3) is 2.44. The second-order valence-corrected chi connectivity index (χ2v) is 4.05. The Kier molecular flexibility index (Phi) is 3.38. The van der Waals surface area contributed by atoms with E-state index < -0.39 is 29.6 Å². The molecule has 5 heteroatoms. The van der Waals surface area contributed by atoms with Crippen molar-refractivity contribution in [3.05, 3.63) is 35.4 Å². The molecule has 0 amide bonds. The first kappa shape index (κ1) is 12.0. The van der Waals surface area contributed by atoms with E-state index in [0.29, 0.717) is 6.42 Å². The van der Waals surface area contributed by atoms with Crippen LogP contribution in [0.3, 0.4) is 0 Å². The van der Waals surface area contributed by atoms with Crippen molar-refractivity contribution in [3.8, 4) is 0 Å². The maximum absolute atomic E-state index is 13.5. The van der Waals surface area contributed by atoms with Crippen LogP contribution >= 0.6 is 0 Å². The highest BCUT2D eigenvalue weighted by Gasteiger charge is 2.31. The summed E-state index contributed by atoms with van der Waals surface area (Å²) in [6.45, 7) is 0.204. The fourth-order valence-corrected chi connectivity index (χ4v) is 2.04. The number of ether oxygens (including phenoxy) is 1. The van der Waals surface area contributed by atoms with Crippen molar-refractivity contribution in [1.29, 1.82) is 0 Å². The summed E-state index contributed by atoms with van der Waals surface area (Å²) < 4.78 is 32.3. The summed E-state index contributed by atoms with van der Waals surface area (Å²) >= 11 is 0. The van der Waals surface area contributed by atoms with Crippen LogP contribution in [0.1, 0.15) is 24.5 Å². The molecule has 1 aliphatic rings. The predicted molar refractivity (Wildman–Crippen MR) is 55.4 cm³/mol. The zero-order chi connectivity index (χ0) is 12.4. The van der Waals surface area contributed by atoms with Crippen molar-refractivity contribution < 1.29 is 23.4 Å². The van der Waals surface area contributed by atoms with E-state index in [1.807, 2.05) is 0 Å². The summed E-state index contributed by atoms with van der Waals surface area (Å²) in [6, 6.07) is 3.56. The molecule has 2 rings (SSSR count). The second-order valence-electron chi connectivity index (χ2n) is 4.05. The van der Waals surface area contributed by atoms with Crippen LogP contribution in [0.5, 0.6) is 0 Å². The van der Waals surface area contributed by atoms with Gasteiger partial charge in [-0.25, -0.2) is 8.78 Å². The third-order valence-electron chi connectivity index (χ3n) is 2.95. The minimum absolute atomic E-state index is 0.104. The molecule has 1 aromatic rings. The molecule has 2 atom stereocenters. The summed E-state index contributed by atoms with van der Waals surface area (Å²) in [5.41, 5.74) is -0.168. The lowest BCUT2D eigenvalue weighted by molar-refractivity contribution is -0.147. The average Bonchev–Trinajstić information content (AvgIpc) is 2.29. The Morgan fingerprint density at radius 3 is 2.59 bits per heavy atom. The van der Waals surface area contributed by atoms with Gasteiger partial charge in [0.2, 0.25) is 0 Å². The lowest BCUT2D eigenvalue weighted by Gasteiger charge is -2.27. The van der Waals surface area contributed by atoms with Gasteiger partial charge in [-0.3, -0.25) is 4.79 Å². The zero-order valence-electron chi connectivity index (χ0n) is 9.03. The SMILES string of the molecule is O=C(O)C1CCOC(c2c(F)cccc2F)C1. The Hall–Kier alpha value is -1.49. The fraction of sp³-hybridized carbons (Fsp3) is 0.417. The lowest BCUT2D eigenvalue weighted by atomic mass is 9.91. The van der Waals surface area contributed by atoms with Gasteiger partial charge in [-0.2, -0.15) is 0 Å². The lowest BCUT2D eigenvalue weighted by Crippen LogP contribution is -2.26. The highest BCUT2D eigenvalue weighted by molar-refractivity contribution is 5.70. The van der Waals surface area contributed by atoms with E-state index in [4.69, 9.17) is 9.84 Å². The number of carboxylic acids is 1. The fourth-order valence-electron chi connectivity index (χ4n) is 2.04. The van der Waals surface area contributed by atoms with E-state index in [9.17, 15) is 13.6 Å². The molecule has 17 heavy (non-hydrogen) atoms. The molecule has 92 valence electrons. The number of carboxylic acid groups (broad SMARTS) is 1. The first-order valence-electron chi connectivity index (χ1n) is 5.38. The maximum Gasteiger partial charge on any atom is 0.306 e. The first-order valence-corrected chi connectivity index (χ1v) is 5.38. The Balaban J connectivity index is 2.25. The monoisotopic (exact) mass is 242 g/mol. The van der Waals surface area contributed by atoms with Crippen molar-refractivity contribution in [2.24, 2.45) is 5.92 Å². The quantitative estimate of drug-likeness (QED) is 0.866. The van der Waals surface area contributed by atoms with Crippen LogP contribution in [-0.2, 0) is 9.53 Å². The van der Waals surface area contributed by atoms with Crippen molar-refractivity contribution in [2.75, 3.05) is 6.61 Å². The minimum atomic E-state index is -0.949. The highest BCUT2D eigenvalue weighted by atomic mass is 19.1. The van der Waals surface area contributed by atoms with Crippen molar-refractivity contribution in [3.63, 3.8) is 0 Å². The van der Waals surface area contributed by atoms with Gasteiger partial charge < -0.3 is 9.84 Å². The molecular weight excluding hydrogens is 230 g/mol. The molecule has 1 aromatic carbocycles. The summed E-state index contributed by atoms with van der Waals surface area (Å²) in [5, 5.41) is 8.90. The van der Waals surface area contributed by atoms with Gasteiger partial charge in [-0.05, 0) is 25.0 Å². The van der Waals surface area contributed by atoms with Gasteiger partial charge in [0.05, 0.1) is 17.6 Å². The summed E-state index contributed by atoms with van der Waals surface area (Å²) in [7, 11) is 0. The van der Waals surface area contributed by atoms with Crippen LogP contribution in [0.15, 0.2) is 18.2 Å². The molecule has 1 saturated heterocycles. The number of carbonyl (C=O) groups is 1. The Morgan fingerprint density at radius 1 is 1.35 bits per heavy atom. The summed E-state index contributed by atoms with van der Waals surface area (Å²) in [6.07, 6.45) is -0.333. The molecule has 0 saturated carbocycles. The van der Waals surface area contributed by atoms with E-state index in [1.54, 1.807) is 0 Å². The van der Waals surface area contributed by atoms with Crippen LogP contribution in [0.2, 0.25) is 0 Å². The molecule has 0 spiro atoms. The van der Waals surface area contributed by atoms with Gasteiger partial charge in [0.25, 0.3) is 0 Å². The molecule has 0 aromatic heterocycles. The zero-order valence-corrected chi connectivity index (χ0v) is 9.03. The Bertz CT molecular complexity index is 414. The number of benzene rings is 1. The molecular formula is C12H12F2O3. The second kappa shape index (κ2) is 4.79. The van der Waals surface area contributed by atoms with Gasteiger partial charge in [-0.15, -0.1) is 0 Å². The van der Waals surface area contributed by atoms with E-state index in [-0.39, 0.29) is 18.6 Å². The molecule has 0 aliphatic carbocycles. The smallest absolute Gasteiger partial charge is 0.306 e. The van der Waals surface area contributed by atoms with Gasteiger partial charge in [0.15, 0.2) is 0 Å². The number of hydrogen-bond donors (Lipinski definition) is 1. The molecule has 2 unspecified atom stereocenters. The molecule has 1 aliphatic heterocycles.